The van der Waals surface area contributed by atoms with Crippen molar-refractivity contribution >= 4 is 11.6 Å². The maximum atomic E-state index is 5.48. The van der Waals surface area contributed by atoms with E-state index in [1.807, 2.05) is 13.8 Å². The van der Waals surface area contributed by atoms with Crippen molar-refractivity contribution in [1.29, 1.82) is 0 Å². The van der Waals surface area contributed by atoms with E-state index < -0.39 is 0 Å². The third-order valence-electron chi connectivity index (χ3n) is 1.57. The molecule has 1 rings (SSSR count). The van der Waals surface area contributed by atoms with Gasteiger partial charge in [-0.15, -0.1) is 0 Å². The van der Waals surface area contributed by atoms with Crippen molar-refractivity contribution in [3.8, 4) is 0 Å². The molecule has 0 aliphatic heterocycles. The zero-order valence-corrected chi connectivity index (χ0v) is 8.05. The molecule has 12 heavy (non-hydrogen) atoms. The normalized spacial score (nSPS) is 12.0. The highest BCUT2D eigenvalue weighted by atomic mass is 35.5. The molecule has 0 aromatic carbocycles. The molecule has 0 aliphatic carbocycles. The van der Waals surface area contributed by atoms with Crippen molar-refractivity contribution in [1.82, 2.24) is 10.1 Å². The van der Waals surface area contributed by atoms with Gasteiger partial charge in [0, 0.05) is 7.11 Å². The van der Waals surface area contributed by atoms with Gasteiger partial charge in [0.05, 0.1) is 12.0 Å². The lowest BCUT2D eigenvalue weighted by Crippen LogP contribution is -2.25. The fraction of sp³-hybridized carbons (Fsp3) is 0.714. The van der Waals surface area contributed by atoms with Gasteiger partial charge in [0.15, 0.2) is 0 Å². The summed E-state index contributed by atoms with van der Waals surface area (Å²) in [6.45, 7) is 3.87. The predicted octanol–water partition coefficient (Wildman–Crippen LogP) is 1.69. The van der Waals surface area contributed by atoms with E-state index in [9.17, 15) is 0 Å². The summed E-state index contributed by atoms with van der Waals surface area (Å²) in [6.07, 6.45) is 0.559. The zero-order chi connectivity index (χ0) is 9.19. The van der Waals surface area contributed by atoms with E-state index in [0.29, 0.717) is 12.3 Å². The summed E-state index contributed by atoms with van der Waals surface area (Å²) in [5.41, 5.74) is -0.296. The van der Waals surface area contributed by atoms with Crippen molar-refractivity contribution in [2.75, 3.05) is 7.11 Å². The van der Waals surface area contributed by atoms with Gasteiger partial charge in [-0.2, -0.15) is 4.98 Å². The van der Waals surface area contributed by atoms with Gasteiger partial charge in [0.2, 0.25) is 5.89 Å². The molecule has 0 amide bonds. The summed E-state index contributed by atoms with van der Waals surface area (Å²) in [5, 5.41) is 3.59. The number of nitrogens with zero attached hydrogens (tertiary/aromatic N) is 2. The smallest absolute Gasteiger partial charge is 0.263 e. The first-order valence-corrected chi connectivity index (χ1v) is 3.94. The first-order chi connectivity index (χ1) is 5.53. The number of methoxy groups -OCH3 is 1. The molecule has 0 unspecified atom stereocenters. The molecule has 1 heterocycles. The zero-order valence-electron chi connectivity index (χ0n) is 7.30. The van der Waals surface area contributed by atoms with Crippen LogP contribution in [0.4, 0.5) is 0 Å². The Hall–Kier alpha value is -0.610. The van der Waals surface area contributed by atoms with E-state index in [-0.39, 0.29) is 10.9 Å². The van der Waals surface area contributed by atoms with Crippen LogP contribution >= 0.6 is 11.6 Å². The molecule has 1 aromatic rings. The van der Waals surface area contributed by atoms with Crippen LogP contribution in [0.1, 0.15) is 19.7 Å². The van der Waals surface area contributed by atoms with Gasteiger partial charge in [0.1, 0.15) is 0 Å². The molecule has 0 N–H and O–H groups in total. The Labute approximate surface area is 75.9 Å². The molecule has 1 aromatic heterocycles. The van der Waals surface area contributed by atoms with Crippen molar-refractivity contribution < 1.29 is 9.26 Å². The van der Waals surface area contributed by atoms with Crippen molar-refractivity contribution in [2.45, 2.75) is 25.9 Å². The minimum absolute atomic E-state index is 0.136. The first kappa shape index (κ1) is 9.48. The molecule has 0 aliphatic rings. The van der Waals surface area contributed by atoms with E-state index in [0.717, 1.165) is 0 Å². The topological polar surface area (TPSA) is 48.2 Å². The third-order valence-corrected chi connectivity index (χ3v) is 1.73. The summed E-state index contributed by atoms with van der Waals surface area (Å²) in [6, 6.07) is 0. The van der Waals surface area contributed by atoms with Crippen LogP contribution in [-0.4, -0.2) is 22.9 Å². The number of hydrogen-bond acceptors (Lipinski definition) is 4. The van der Waals surface area contributed by atoms with E-state index in [2.05, 4.69) is 10.1 Å². The summed E-state index contributed by atoms with van der Waals surface area (Å²) >= 11 is 5.48. The summed E-state index contributed by atoms with van der Waals surface area (Å²) in [5.74, 6) is 0.492. The average Bonchev–Trinajstić information content (AvgIpc) is 2.35. The van der Waals surface area contributed by atoms with Crippen molar-refractivity contribution in [3.05, 3.63) is 11.2 Å². The Morgan fingerprint density at radius 2 is 2.25 bits per heavy atom. The molecule has 4 nitrogen and oxygen atoms in total. The van der Waals surface area contributed by atoms with E-state index in [4.69, 9.17) is 20.9 Å². The standard InChI is InChI=1S/C7H11ClN2O2/c1-7(2,11-3)4-5-9-6(8)10-12-5/h4H2,1-3H3. The highest BCUT2D eigenvalue weighted by Gasteiger charge is 2.20. The van der Waals surface area contributed by atoms with Gasteiger partial charge in [-0.3, -0.25) is 0 Å². The van der Waals surface area contributed by atoms with Crippen molar-refractivity contribution in [3.63, 3.8) is 0 Å². The molecule has 68 valence electrons. The van der Waals surface area contributed by atoms with Crippen LogP contribution in [0.15, 0.2) is 4.52 Å². The molecule has 0 atom stereocenters. The Morgan fingerprint density at radius 3 is 2.67 bits per heavy atom. The van der Waals surface area contributed by atoms with Crippen molar-refractivity contribution in [2.24, 2.45) is 0 Å². The minimum atomic E-state index is -0.296. The Balaban J connectivity index is 2.63. The largest absolute Gasteiger partial charge is 0.378 e. The molecule has 0 radical (unpaired) electrons. The van der Waals surface area contributed by atoms with Crippen LogP contribution in [0.5, 0.6) is 0 Å². The molecule has 0 fully saturated rings. The average molecular weight is 191 g/mol. The highest BCUT2D eigenvalue weighted by Crippen LogP contribution is 2.15. The molecule has 0 spiro atoms. The van der Waals surface area contributed by atoms with E-state index in [1.54, 1.807) is 7.11 Å². The lowest BCUT2D eigenvalue weighted by Gasteiger charge is -2.19. The van der Waals surface area contributed by atoms with Gasteiger partial charge in [-0.1, -0.05) is 0 Å². The second-order valence-electron chi connectivity index (χ2n) is 3.10. The number of rotatable bonds is 3. The molecule has 0 bridgehead atoms. The third kappa shape index (κ3) is 2.46. The van der Waals surface area contributed by atoms with Gasteiger partial charge in [-0.25, -0.2) is 0 Å². The minimum Gasteiger partial charge on any atom is -0.378 e. The second-order valence-corrected chi connectivity index (χ2v) is 3.44. The predicted molar refractivity (Wildman–Crippen MR) is 44.1 cm³/mol. The van der Waals surface area contributed by atoms with Crippen LogP contribution in [0.3, 0.4) is 0 Å². The first-order valence-electron chi connectivity index (χ1n) is 3.57. The van der Waals surface area contributed by atoms with Gasteiger partial charge in [-0.05, 0) is 30.6 Å². The summed E-state index contributed by atoms with van der Waals surface area (Å²) in [7, 11) is 1.64. The van der Waals surface area contributed by atoms with Crippen LogP contribution in [-0.2, 0) is 11.2 Å². The van der Waals surface area contributed by atoms with Gasteiger partial charge < -0.3 is 9.26 Å². The lowest BCUT2D eigenvalue weighted by molar-refractivity contribution is 0.0170. The van der Waals surface area contributed by atoms with E-state index in [1.165, 1.54) is 0 Å². The van der Waals surface area contributed by atoms with Crippen LogP contribution in [0.2, 0.25) is 5.28 Å². The molecule has 0 saturated heterocycles. The SMILES string of the molecule is COC(C)(C)Cc1nc(Cl)no1. The Kier molecular flexibility index (Phi) is 2.69. The fourth-order valence-electron chi connectivity index (χ4n) is 0.742. The lowest BCUT2D eigenvalue weighted by atomic mass is 10.1. The van der Waals surface area contributed by atoms with Gasteiger partial charge >= 0.3 is 0 Å². The van der Waals surface area contributed by atoms with E-state index >= 15 is 0 Å². The molecule has 0 saturated carbocycles. The molecule has 5 heteroatoms. The highest BCUT2D eigenvalue weighted by molar-refractivity contribution is 6.28. The maximum absolute atomic E-state index is 5.48. The van der Waals surface area contributed by atoms with Crippen LogP contribution in [0, 0.1) is 0 Å². The Bertz CT molecular complexity index is 260. The molecular formula is C7H11ClN2O2. The monoisotopic (exact) mass is 190 g/mol. The number of halogens is 1. The molecular weight excluding hydrogens is 180 g/mol. The fourth-order valence-corrected chi connectivity index (χ4v) is 0.871. The number of hydrogen-bond donors (Lipinski definition) is 0. The van der Waals surface area contributed by atoms with Crippen LogP contribution < -0.4 is 0 Å². The quantitative estimate of drug-likeness (QED) is 0.728. The Morgan fingerprint density at radius 1 is 1.58 bits per heavy atom. The van der Waals surface area contributed by atoms with Crippen LogP contribution in [0.25, 0.3) is 0 Å². The number of ether oxygens (including phenoxy) is 1. The van der Waals surface area contributed by atoms with Gasteiger partial charge in [0.25, 0.3) is 5.28 Å². The summed E-state index contributed by atoms with van der Waals surface area (Å²) in [4.78, 5) is 3.85. The second kappa shape index (κ2) is 3.41. The summed E-state index contributed by atoms with van der Waals surface area (Å²) < 4.78 is 10.0. The maximum Gasteiger partial charge on any atom is 0.263 e. The number of aromatic nitrogens is 2.